The Morgan fingerprint density at radius 2 is 1.69 bits per heavy atom. The molecule has 0 radical (unpaired) electrons. The van der Waals surface area contributed by atoms with Crippen molar-refractivity contribution < 1.29 is 19.4 Å². The molecular weight excluding hydrogens is 208 g/mol. The van der Waals surface area contributed by atoms with Crippen molar-refractivity contribution in [2.45, 2.75) is 20.0 Å². The number of methoxy groups -OCH3 is 1. The molecule has 0 saturated heterocycles. The Morgan fingerprint density at radius 1 is 1.19 bits per heavy atom. The summed E-state index contributed by atoms with van der Waals surface area (Å²) < 4.78 is 10.3. The first-order valence-electron chi connectivity index (χ1n) is 5.06. The number of carboxylic acid groups (broad SMARTS) is 1. The number of hydrogen-bond donors (Lipinski definition) is 0. The van der Waals surface area contributed by atoms with Crippen molar-refractivity contribution >= 4 is 5.97 Å². The predicted octanol–water partition coefficient (Wildman–Crippen LogP) is 0.848. The standard InChI is InChI=1S/C12H16O4/c1-8(2)11(12(13)14)16-10-6-4-9(15-3)5-7-10/h4-8,11H,1-3H3,(H,13,14)/p-1. The van der Waals surface area contributed by atoms with Gasteiger partial charge in [0.05, 0.1) is 13.1 Å². The van der Waals surface area contributed by atoms with E-state index in [9.17, 15) is 9.90 Å². The zero-order chi connectivity index (χ0) is 12.1. The molecule has 1 aromatic carbocycles. The van der Waals surface area contributed by atoms with E-state index in [0.29, 0.717) is 11.5 Å². The van der Waals surface area contributed by atoms with Crippen molar-refractivity contribution in [2.75, 3.05) is 7.11 Å². The third kappa shape index (κ3) is 3.15. The summed E-state index contributed by atoms with van der Waals surface area (Å²) in [5, 5.41) is 10.8. The highest BCUT2D eigenvalue weighted by Crippen LogP contribution is 2.19. The molecule has 16 heavy (non-hydrogen) atoms. The second-order valence-corrected chi connectivity index (χ2v) is 3.78. The number of carbonyl (C=O) groups is 1. The fourth-order valence-electron chi connectivity index (χ4n) is 1.26. The van der Waals surface area contributed by atoms with Gasteiger partial charge in [-0.05, 0) is 30.2 Å². The van der Waals surface area contributed by atoms with Crippen molar-refractivity contribution in [1.29, 1.82) is 0 Å². The van der Waals surface area contributed by atoms with E-state index in [1.165, 1.54) is 0 Å². The quantitative estimate of drug-likeness (QED) is 0.742. The van der Waals surface area contributed by atoms with Gasteiger partial charge in [-0.15, -0.1) is 0 Å². The van der Waals surface area contributed by atoms with Crippen molar-refractivity contribution in [3.63, 3.8) is 0 Å². The summed E-state index contributed by atoms with van der Waals surface area (Å²) in [6.07, 6.45) is -0.937. The van der Waals surface area contributed by atoms with Gasteiger partial charge in [-0.3, -0.25) is 0 Å². The van der Waals surface area contributed by atoms with E-state index in [0.717, 1.165) is 0 Å². The predicted molar refractivity (Wildman–Crippen MR) is 57.3 cm³/mol. The Labute approximate surface area is 94.8 Å². The molecule has 1 aromatic rings. The number of rotatable bonds is 5. The van der Waals surface area contributed by atoms with Crippen molar-refractivity contribution in [1.82, 2.24) is 0 Å². The van der Waals surface area contributed by atoms with Crippen molar-refractivity contribution in [3.8, 4) is 11.5 Å². The Morgan fingerprint density at radius 3 is 2.06 bits per heavy atom. The lowest BCUT2D eigenvalue weighted by molar-refractivity contribution is -0.315. The maximum Gasteiger partial charge on any atom is 0.140 e. The molecule has 4 nitrogen and oxygen atoms in total. The molecule has 0 aliphatic rings. The van der Waals surface area contributed by atoms with Crippen LogP contribution < -0.4 is 14.6 Å². The fraction of sp³-hybridized carbons (Fsp3) is 0.417. The van der Waals surface area contributed by atoms with Crippen LogP contribution in [0.5, 0.6) is 11.5 Å². The van der Waals surface area contributed by atoms with Crippen LogP contribution in [0, 0.1) is 5.92 Å². The second kappa shape index (κ2) is 5.39. The highest BCUT2D eigenvalue weighted by Gasteiger charge is 2.16. The Bertz CT molecular complexity index is 343. The highest BCUT2D eigenvalue weighted by atomic mass is 16.5. The van der Waals surface area contributed by atoms with Crippen LogP contribution in [0.25, 0.3) is 0 Å². The minimum absolute atomic E-state index is 0.146. The van der Waals surface area contributed by atoms with Crippen LogP contribution in [-0.4, -0.2) is 19.2 Å². The van der Waals surface area contributed by atoms with Gasteiger partial charge in [-0.2, -0.15) is 0 Å². The third-order valence-electron chi connectivity index (χ3n) is 2.16. The summed E-state index contributed by atoms with van der Waals surface area (Å²) in [5.41, 5.74) is 0. The molecule has 0 amide bonds. The van der Waals surface area contributed by atoms with Crippen LogP contribution >= 0.6 is 0 Å². The fourth-order valence-corrected chi connectivity index (χ4v) is 1.26. The Balaban J connectivity index is 2.74. The number of aliphatic carboxylic acids is 1. The molecule has 0 fully saturated rings. The number of hydrogen-bond acceptors (Lipinski definition) is 4. The molecule has 1 rings (SSSR count). The van der Waals surface area contributed by atoms with Crippen molar-refractivity contribution in [2.24, 2.45) is 5.92 Å². The summed E-state index contributed by atoms with van der Waals surface area (Å²) in [6.45, 7) is 3.54. The van der Waals surface area contributed by atoms with Gasteiger partial charge >= 0.3 is 0 Å². The lowest BCUT2D eigenvalue weighted by Crippen LogP contribution is -2.42. The van der Waals surface area contributed by atoms with E-state index in [-0.39, 0.29) is 5.92 Å². The lowest BCUT2D eigenvalue weighted by atomic mass is 10.1. The first-order chi connectivity index (χ1) is 7.54. The van der Waals surface area contributed by atoms with Crippen LogP contribution in [0.4, 0.5) is 0 Å². The average molecular weight is 223 g/mol. The van der Waals surface area contributed by atoms with E-state index in [4.69, 9.17) is 9.47 Å². The maximum absolute atomic E-state index is 10.8. The zero-order valence-corrected chi connectivity index (χ0v) is 9.60. The number of carbonyl (C=O) groups excluding carboxylic acids is 1. The normalized spacial score (nSPS) is 12.2. The average Bonchev–Trinajstić information content (AvgIpc) is 2.25. The molecule has 0 heterocycles. The third-order valence-corrected chi connectivity index (χ3v) is 2.16. The van der Waals surface area contributed by atoms with Gasteiger partial charge in [-0.25, -0.2) is 0 Å². The van der Waals surface area contributed by atoms with E-state index < -0.39 is 12.1 Å². The molecule has 0 spiro atoms. The van der Waals surface area contributed by atoms with Gasteiger partial charge in [0.2, 0.25) is 0 Å². The molecule has 0 bridgehead atoms. The van der Waals surface area contributed by atoms with Crippen LogP contribution in [0.1, 0.15) is 13.8 Å². The van der Waals surface area contributed by atoms with E-state index in [2.05, 4.69) is 0 Å². The summed E-state index contributed by atoms with van der Waals surface area (Å²) in [6, 6.07) is 6.75. The Hall–Kier alpha value is -1.71. The van der Waals surface area contributed by atoms with E-state index >= 15 is 0 Å². The number of ether oxygens (including phenoxy) is 2. The molecule has 0 aliphatic heterocycles. The molecule has 1 atom stereocenters. The lowest BCUT2D eigenvalue weighted by Gasteiger charge is -2.23. The monoisotopic (exact) mass is 223 g/mol. The molecule has 1 unspecified atom stereocenters. The SMILES string of the molecule is COc1ccc(OC(C(=O)[O-])C(C)C)cc1. The molecular formula is C12H15O4-. The summed E-state index contributed by atoms with van der Waals surface area (Å²) in [7, 11) is 1.56. The summed E-state index contributed by atoms with van der Waals surface area (Å²) >= 11 is 0. The number of benzene rings is 1. The minimum Gasteiger partial charge on any atom is -0.546 e. The molecule has 88 valence electrons. The molecule has 0 saturated carbocycles. The smallest absolute Gasteiger partial charge is 0.140 e. The largest absolute Gasteiger partial charge is 0.546 e. The number of carboxylic acids is 1. The van der Waals surface area contributed by atoms with Gasteiger partial charge < -0.3 is 19.4 Å². The van der Waals surface area contributed by atoms with Gasteiger partial charge in [0, 0.05) is 0 Å². The van der Waals surface area contributed by atoms with Gasteiger partial charge in [-0.1, -0.05) is 13.8 Å². The first kappa shape index (κ1) is 12.4. The van der Waals surface area contributed by atoms with Crippen LogP contribution in [-0.2, 0) is 4.79 Å². The van der Waals surface area contributed by atoms with Crippen LogP contribution in [0.3, 0.4) is 0 Å². The summed E-state index contributed by atoms with van der Waals surface area (Å²) in [5.74, 6) is -0.163. The van der Waals surface area contributed by atoms with Crippen LogP contribution in [0.15, 0.2) is 24.3 Å². The van der Waals surface area contributed by atoms with Gasteiger partial charge in [0.1, 0.15) is 17.6 Å². The Kier molecular flexibility index (Phi) is 4.17. The second-order valence-electron chi connectivity index (χ2n) is 3.78. The molecule has 0 aliphatic carbocycles. The van der Waals surface area contributed by atoms with Crippen LogP contribution in [0.2, 0.25) is 0 Å². The van der Waals surface area contributed by atoms with Gasteiger partial charge in [0.15, 0.2) is 0 Å². The first-order valence-corrected chi connectivity index (χ1v) is 5.06. The summed E-state index contributed by atoms with van der Waals surface area (Å²) in [4.78, 5) is 10.8. The maximum atomic E-state index is 10.8. The van der Waals surface area contributed by atoms with Crippen molar-refractivity contribution in [3.05, 3.63) is 24.3 Å². The van der Waals surface area contributed by atoms with E-state index in [1.807, 2.05) is 0 Å². The van der Waals surface area contributed by atoms with E-state index in [1.54, 1.807) is 45.2 Å². The molecule has 0 N–H and O–H groups in total. The highest BCUT2D eigenvalue weighted by molar-refractivity contribution is 5.70. The zero-order valence-electron chi connectivity index (χ0n) is 9.60. The molecule has 0 aromatic heterocycles. The van der Waals surface area contributed by atoms with Gasteiger partial charge in [0.25, 0.3) is 0 Å². The molecule has 4 heteroatoms. The topological polar surface area (TPSA) is 58.6 Å². The minimum atomic E-state index is -1.20.